The van der Waals surface area contributed by atoms with E-state index >= 15 is 0 Å². The van der Waals surface area contributed by atoms with Gasteiger partial charge in [-0.1, -0.05) is 65.8 Å². The number of ether oxygens (including phenoxy) is 2. The molecular weight excluding hydrogens is 416 g/mol. The van der Waals surface area contributed by atoms with E-state index in [-0.39, 0.29) is 22.4 Å². The van der Waals surface area contributed by atoms with Crippen molar-refractivity contribution in [1.29, 1.82) is 0 Å². The van der Waals surface area contributed by atoms with Gasteiger partial charge in [0.15, 0.2) is 0 Å². The third kappa shape index (κ3) is 9.01. The lowest BCUT2D eigenvalue weighted by atomic mass is 9.85. The Kier molecular flexibility index (Phi) is 10.3. The largest absolute Gasteiger partial charge is 0.497 e. The van der Waals surface area contributed by atoms with Crippen LogP contribution < -0.4 is 9.47 Å². The second kappa shape index (κ2) is 12.0. The van der Waals surface area contributed by atoms with E-state index in [4.69, 9.17) is 9.47 Å². The number of Topliss-reactive ketones (excluding diaryl/α,β-unsaturated/α-hetero) is 2. The fourth-order valence-electron chi connectivity index (χ4n) is 3.07. The van der Waals surface area contributed by atoms with Crippen LogP contribution in [0.5, 0.6) is 11.5 Å². The van der Waals surface area contributed by atoms with Gasteiger partial charge in [-0.2, -0.15) is 0 Å². The van der Waals surface area contributed by atoms with Crippen LogP contribution >= 0.6 is 0 Å². The fourth-order valence-corrected chi connectivity index (χ4v) is 3.07. The fraction of sp³-hybridized carbons (Fsp3) is 0.500. The summed E-state index contributed by atoms with van der Waals surface area (Å²) in [4.78, 5) is 23.9. The van der Waals surface area contributed by atoms with Crippen molar-refractivity contribution in [1.82, 2.24) is 0 Å². The third-order valence-corrected chi connectivity index (χ3v) is 5.32. The summed E-state index contributed by atoms with van der Waals surface area (Å²) in [6.45, 7) is 13.2. The lowest BCUT2D eigenvalue weighted by molar-refractivity contribution is -0.126. The first kappa shape index (κ1) is 28.4. The summed E-state index contributed by atoms with van der Waals surface area (Å²) in [5.74, 6) is 1.83. The zero-order valence-corrected chi connectivity index (χ0v) is 21.6. The summed E-state index contributed by atoms with van der Waals surface area (Å²) in [6.07, 6.45) is 0.144. The predicted molar refractivity (Wildman–Crippen MR) is 133 cm³/mol. The van der Waals surface area contributed by atoms with E-state index in [0.29, 0.717) is 24.2 Å². The molecule has 0 aliphatic carbocycles. The molecule has 0 heterocycles. The van der Waals surface area contributed by atoms with Crippen molar-refractivity contribution in [2.45, 2.75) is 67.4 Å². The molecule has 0 aliphatic heterocycles. The molecule has 0 fully saturated rings. The van der Waals surface area contributed by atoms with Gasteiger partial charge in [0.1, 0.15) is 23.1 Å². The number of benzene rings is 2. The van der Waals surface area contributed by atoms with Crippen molar-refractivity contribution in [3.05, 3.63) is 59.2 Å². The van der Waals surface area contributed by atoms with E-state index in [1.54, 1.807) is 27.2 Å². The molecule has 0 aromatic heterocycles. The minimum absolute atomic E-state index is 0.151. The number of aliphatic hydroxyl groups is 1. The Balaban J connectivity index is 0.000000335. The normalized spacial score (nSPS) is 12.3. The van der Waals surface area contributed by atoms with Crippen molar-refractivity contribution < 1.29 is 24.2 Å². The van der Waals surface area contributed by atoms with Crippen LogP contribution in [-0.2, 0) is 22.4 Å². The van der Waals surface area contributed by atoms with Crippen molar-refractivity contribution in [2.75, 3.05) is 14.2 Å². The van der Waals surface area contributed by atoms with E-state index in [0.717, 1.165) is 16.9 Å². The van der Waals surface area contributed by atoms with Gasteiger partial charge in [0.25, 0.3) is 0 Å². The van der Waals surface area contributed by atoms with Crippen LogP contribution in [0.4, 0.5) is 0 Å². The number of carbonyl (C=O) groups is 2. The number of hydrogen-bond donors (Lipinski definition) is 1. The monoisotopic (exact) mass is 456 g/mol. The molecule has 1 N–H and O–H groups in total. The van der Waals surface area contributed by atoms with E-state index in [1.165, 1.54) is 0 Å². The standard InChI is InChI=1S/C15H22O3.C13H18O2/c1-10(16)14-11(7-6-8-12(14)18-5)9-13(17)15(2,3)4;1-13(2,3)12(14)9-10-6-5-7-11(8-10)15-4/h6-8,10,16H,9H2,1-5H3;5-8H,9H2,1-4H3. The molecule has 2 aromatic rings. The summed E-state index contributed by atoms with van der Waals surface area (Å²) < 4.78 is 10.4. The highest BCUT2D eigenvalue weighted by atomic mass is 16.5. The third-order valence-electron chi connectivity index (χ3n) is 5.32. The molecule has 0 saturated heterocycles. The molecule has 2 aromatic carbocycles. The number of methoxy groups -OCH3 is 2. The minimum Gasteiger partial charge on any atom is -0.497 e. The first-order valence-electron chi connectivity index (χ1n) is 11.2. The van der Waals surface area contributed by atoms with Gasteiger partial charge in [-0.25, -0.2) is 0 Å². The molecule has 0 saturated carbocycles. The maximum Gasteiger partial charge on any atom is 0.142 e. The minimum atomic E-state index is -0.649. The summed E-state index contributed by atoms with van der Waals surface area (Å²) in [5.41, 5.74) is 1.90. The average Bonchev–Trinajstić information content (AvgIpc) is 2.72. The Labute approximate surface area is 199 Å². The molecular formula is C28H40O5. The zero-order valence-electron chi connectivity index (χ0n) is 21.6. The maximum absolute atomic E-state index is 12.1. The molecule has 0 spiro atoms. The highest BCUT2D eigenvalue weighted by Gasteiger charge is 2.24. The number of hydrogen-bond acceptors (Lipinski definition) is 5. The molecule has 5 nitrogen and oxygen atoms in total. The predicted octanol–water partition coefficient (Wildman–Crippen LogP) is 5.76. The first-order valence-corrected chi connectivity index (χ1v) is 11.2. The van der Waals surface area contributed by atoms with Gasteiger partial charge >= 0.3 is 0 Å². The SMILES string of the molecule is COc1cccc(CC(=O)C(C)(C)C)c1.COc1cccc(CC(=O)C(C)(C)C)c1C(C)O. The van der Waals surface area contributed by atoms with Crippen LogP contribution in [0.25, 0.3) is 0 Å². The second-order valence-corrected chi connectivity index (χ2v) is 10.3. The van der Waals surface area contributed by atoms with E-state index in [9.17, 15) is 14.7 Å². The van der Waals surface area contributed by atoms with E-state index in [1.807, 2.05) is 77.9 Å². The first-order chi connectivity index (χ1) is 15.2. The Bertz CT molecular complexity index is 930. The molecule has 1 unspecified atom stereocenters. The lowest BCUT2D eigenvalue weighted by Crippen LogP contribution is -2.23. The van der Waals surface area contributed by atoms with Crippen LogP contribution in [0, 0.1) is 10.8 Å². The molecule has 182 valence electrons. The van der Waals surface area contributed by atoms with Gasteiger partial charge in [-0.3, -0.25) is 9.59 Å². The number of aliphatic hydroxyl groups excluding tert-OH is 1. The van der Waals surface area contributed by atoms with E-state index in [2.05, 4.69) is 0 Å². The molecule has 33 heavy (non-hydrogen) atoms. The molecule has 0 bridgehead atoms. The van der Waals surface area contributed by atoms with Crippen LogP contribution in [0.1, 0.15) is 71.3 Å². The van der Waals surface area contributed by atoms with Gasteiger partial charge in [0.05, 0.1) is 20.3 Å². The lowest BCUT2D eigenvalue weighted by Gasteiger charge is -2.20. The Morgan fingerprint density at radius 1 is 0.848 bits per heavy atom. The summed E-state index contributed by atoms with van der Waals surface area (Å²) in [5, 5.41) is 9.84. The van der Waals surface area contributed by atoms with E-state index < -0.39 is 6.10 Å². The molecule has 5 heteroatoms. The molecule has 0 aliphatic rings. The maximum atomic E-state index is 12.1. The van der Waals surface area contributed by atoms with Gasteiger partial charge in [0, 0.05) is 29.2 Å². The van der Waals surface area contributed by atoms with Crippen molar-refractivity contribution in [3.8, 4) is 11.5 Å². The smallest absolute Gasteiger partial charge is 0.142 e. The summed E-state index contributed by atoms with van der Waals surface area (Å²) >= 11 is 0. The van der Waals surface area contributed by atoms with Crippen LogP contribution in [-0.4, -0.2) is 30.9 Å². The van der Waals surface area contributed by atoms with Gasteiger partial charge < -0.3 is 14.6 Å². The van der Waals surface area contributed by atoms with Crippen molar-refractivity contribution in [2.24, 2.45) is 10.8 Å². The number of rotatable bonds is 7. The Morgan fingerprint density at radius 2 is 1.39 bits per heavy atom. The molecule has 1 atom stereocenters. The van der Waals surface area contributed by atoms with Gasteiger partial charge in [0.2, 0.25) is 0 Å². The van der Waals surface area contributed by atoms with Crippen LogP contribution in [0.15, 0.2) is 42.5 Å². The topological polar surface area (TPSA) is 72.8 Å². The number of ketones is 2. The molecule has 0 amide bonds. The second-order valence-electron chi connectivity index (χ2n) is 10.3. The summed E-state index contributed by atoms with van der Waals surface area (Å²) in [7, 11) is 3.20. The van der Waals surface area contributed by atoms with Crippen molar-refractivity contribution in [3.63, 3.8) is 0 Å². The number of carbonyl (C=O) groups excluding carboxylic acids is 2. The molecule has 0 radical (unpaired) electrons. The Morgan fingerprint density at radius 3 is 1.88 bits per heavy atom. The van der Waals surface area contributed by atoms with Crippen LogP contribution in [0.3, 0.4) is 0 Å². The van der Waals surface area contributed by atoms with Crippen molar-refractivity contribution >= 4 is 11.6 Å². The zero-order chi connectivity index (χ0) is 25.4. The highest BCUT2D eigenvalue weighted by molar-refractivity contribution is 5.86. The average molecular weight is 457 g/mol. The quantitative estimate of drug-likeness (QED) is 0.573. The highest BCUT2D eigenvalue weighted by Crippen LogP contribution is 2.30. The van der Waals surface area contributed by atoms with Gasteiger partial charge in [-0.05, 0) is 36.2 Å². The molecule has 2 rings (SSSR count). The van der Waals surface area contributed by atoms with Crippen LogP contribution in [0.2, 0.25) is 0 Å². The van der Waals surface area contributed by atoms with Gasteiger partial charge in [-0.15, -0.1) is 0 Å². The Hall–Kier alpha value is -2.66. The summed E-state index contributed by atoms with van der Waals surface area (Å²) in [6, 6.07) is 13.2.